The Morgan fingerprint density at radius 2 is 1.64 bits per heavy atom. The van der Waals surface area contributed by atoms with Gasteiger partial charge in [0.15, 0.2) is 0 Å². The van der Waals surface area contributed by atoms with Gasteiger partial charge in [-0.1, -0.05) is 42.5 Å². The lowest BCUT2D eigenvalue weighted by atomic mass is 10.1. The lowest BCUT2D eigenvalue weighted by Gasteiger charge is -2.16. The Morgan fingerprint density at radius 1 is 1.00 bits per heavy atom. The van der Waals surface area contributed by atoms with E-state index in [9.17, 15) is 9.59 Å². The molecule has 0 bridgehead atoms. The van der Waals surface area contributed by atoms with Crippen LogP contribution in [-0.4, -0.2) is 18.2 Å². The molecule has 4 heteroatoms. The molecule has 0 radical (unpaired) electrons. The molecule has 0 aliphatic heterocycles. The largest absolute Gasteiger partial charge is 0.377 e. The number of nitrogens with one attached hydrogen (secondary N) is 2. The number of benzene rings is 2. The molecule has 0 aromatic heterocycles. The van der Waals surface area contributed by atoms with Crippen LogP contribution in [0.15, 0.2) is 54.6 Å². The van der Waals surface area contributed by atoms with Crippen LogP contribution in [0.3, 0.4) is 0 Å². The molecule has 2 aromatic carbocycles. The Bertz CT molecular complexity index is 653. The summed E-state index contributed by atoms with van der Waals surface area (Å²) in [6, 6.07) is 16.9. The SMILES string of the molecule is CC(=O)CNc1ccccc1C(=O)NC(C)c1ccccc1. The average Bonchev–Trinajstić information content (AvgIpc) is 2.54. The van der Waals surface area contributed by atoms with E-state index in [-0.39, 0.29) is 24.3 Å². The molecule has 114 valence electrons. The molecule has 4 nitrogen and oxygen atoms in total. The maximum Gasteiger partial charge on any atom is 0.253 e. The molecular weight excluding hydrogens is 276 g/mol. The summed E-state index contributed by atoms with van der Waals surface area (Å²) in [7, 11) is 0. The molecule has 2 N–H and O–H groups in total. The number of anilines is 1. The Labute approximate surface area is 130 Å². The third-order valence-corrected chi connectivity index (χ3v) is 3.35. The molecule has 0 saturated heterocycles. The van der Waals surface area contributed by atoms with E-state index >= 15 is 0 Å². The van der Waals surface area contributed by atoms with Gasteiger partial charge in [-0.15, -0.1) is 0 Å². The smallest absolute Gasteiger partial charge is 0.253 e. The van der Waals surface area contributed by atoms with Gasteiger partial charge in [0, 0.05) is 5.69 Å². The zero-order valence-corrected chi connectivity index (χ0v) is 12.8. The van der Waals surface area contributed by atoms with Crippen LogP contribution in [0.4, 0.5) is 5.69 Å². The van der Waals surface area contributed by atoms with Crippen molar-refractivity contribution < 1.29 is 9.59 Å². The monoisotopic (exact) mass is 296 g/mol. The molecule has 0 aliphatic carbocycles. The third kappa shape index (κ3) is 4.19. The van der Waals surface area contributed by atoms with Crippen LogP contribution in [0.2, 0.25) is 0 Å². The van der Waals surface area contributed by atoms with Gasteiger partial charge in [0.05, 0.1) is 18.2 Å². The summed E-state index contributed by atoms with van der Waals surface area (Å²) in [4.78, 5) is 23.6. The minimum absolute atomic E-state index is 0.0212. The molecule has 0 spiro atoms. The van der Waals surface area contributed by atoms with E-state index in [1.54, 1.807) is 18.2 Å². The number of carbonyl (C=O) groups excluding carboxylic acids is 2. The fourth-order valence-electron chi connectivity index (χ4n) is 2.15. The molecular formula is C18H20N2O2. The molecule has 0 aliphatic rings. The number of para-hydroxylation sites is 1. The second-order valence-corrected chi connectivity index (χ2v) is 5.21. The van der Waals surface area contributed by atoms with E-state index < -0.39 is 0 Å². The van der Waals surface area contributed by atoms with Crippen LogP contribution < -0.4 is 10.6 Å². The first-order valence-electron chi connectivity index (χ1n) is 7.26. The van der Waals surface area contributed by atoms with Gasteiger partial charge in [-0.05, 0) is 31.5 Å². The van der Waals surface area contributed by atoms with E-state index in [0.29, 0.717) is 11.3 Å². The number of carbonyl (C=O) groups is 2. The number of hydrogen-bond donors (Lipinski definition) is 2. The summed E-state index contributed by atoms with van der Waals surface area (Å²) in [5, 5.41) is 5.97. The predicted molar refractivity (Wildman–Crippen MR) is 87.9 cm³/mol. The second kappa shape index (κ2) is 7.41. The molecule has 1 amide bonds. The van der Waals surface area contributed by atoms with Gasteiger partial charge in [0.25, 0.3) is 5.91 Å². The molecule has 2 aromatic rings. The van der Waals surface area contributed by atoms with Gasteiger partial charge in [-0.3, -0.25) is 9.59 Å². The number of amides is 1. The lowest BCUT2D eigenvalue weighted by Crippen LogP contribution is -2.27. The Kier molecular flexibility index (Phi) is 5.31. The van der Waals surface area contributed by atoms with E-state index in [0.717, 1.165) is 5.56 Å². The fraction of sp³-hybridized carbons (Fsp3) is 0.222. The van der Waals surface area contributed by atoms with Crippen LogP contribution in [-0.2, 0) is 4.79 Å². The van der Waals surface area contributed by atoms with Crippen LogP contribution >= 0.6 is 0 Å². The van der Waals surface area contributed by atoms with E-state index in [1.165, 1.54) is 6.92 Å². The summed E-state index contributed by atoms with van der Waals surface area (Å²) in [6.45, 7) is 3.66. The highest BCUT2D eigenvalue weighted by atomic mass is 16.1. The predicted octanol–water partition coefficient (Wildman–Crippen LogP) is 3.18. The van der Waals surface area contributed by atoms with Gasteiger partial charge in [0.1, 0.15) is 5.78 Å². The van der Waals surface area contributed by atoms with Crippen molar-refractivity contribution in [3.05, 3.63) is 65.7 Å². The molecule has 0 heterocycles. The van der Waals surface area contributed by atoms with Gasteiger partial charge >= 0.3 is 0 Å². The number of hydrogen-bond acceptors (Lipinski definition) is 3. The summed E-state index contributed by atoms with van der Waals surface area (Å²) >= 11 is 0. The maximum absolute atomic E-state index is 12.5. The second-order valence-electron chi connectivity index (χ2n) is 5.21. The molecule has 22 heavy (non-hydrogen) atoms. The highest BCUT2D eigenvalue weighted by molar-refractivity contribution is 6.00. The van der Waals surface area contributed by atoms with Crippen molar-refractivity contribution in [1.29, 1.82) is 0 Å². The van der Waals surface area contributed by atoms with E-state index in [4.69, 9.17) is 0 Å². The van der Waals surface area contributed by atoms with E-state index in [2.05, 4.69) is 10.6 Å². The van der Waals surface area contributed by atoms with Crippen molar-refractivity contribution >= 4 is 17.4 Å². The van der Waals surface area contributed by atoms with Crippen LogP contribution in [0.1, 0.15) is 35.8 Å². The first-order valence-corrected chi connectivity index (χ1v) is 7.26. The first kappa shape index (κ1) is 15.8. The van der Waals surface area contributed by atoms with Crippen molar-refractivity contribution in [2.45, 2.75) is 19.9 Å². The number of Topliss-reactive ketones (excluding diaryl/α,β-unsaturated/α-hetero) is 1. The highest BCUT2D eigenvalue weighted by Gasteiger charge is 2.14. The van der Waals surface area contributed by atoms with Crippen LogP contribution in [0, 0.1) is 0 Å². The minimum Gasteiger partial charge on any atom is -0.377 e. The average molecular weight is 296 g/mol. The quantitative estimate of drug-likeness (QED) is 0.860. The molecule has 1 atom stereocenters. The Hall–Kier alpha value is -2.62. The van der Waals surface area contributed by atoms with Crippen molar-refractivity contribution in [2.24, 2.45) is 0 Å². The number of rotatable bonds is 6. The first-order chi connectivity index (χ1) is 10.6. The van der Waals surface area contributed by atoms with Crippen molar-refractivity contribution in [3.8, 4) is 0 Å². The summed E-state index contributed by atoms with van der Waals surface area (Å²) in [5.41, 5.74) is 2.24. The zero-order chi connectivity index (χ0) is 15.9. The van der Waals surface area contributed by atoms with Gasteiger partial charge < -0.3 is 10.6 Å². The van der Waals surface area contributed by atoms with Crippen molar-refractivity contribution in [3.63, 3.8) is 0 Å². The van der Waals surface area contributed by atoms with Gasteiger partial charge in [-0.2, -0.15) is 0 Å². The molecule has 2 rings (SSSR count). The van der Waals surface area contributed by atoms with Crippen molar-refractivity contribution in [1.82, 2.24) is 5.32 Å². The topological polar surface area (TPSA) is 58.2 Å². The van der Waals surface area contributed by atoms with Gasteiger partial charge in [-0.25, -0.2) is 0 Å². The highest BCUT2D eigenvalue weighted by Crippen LogP contribution is 2.17. The normalized spacial score (nSPS) is 11.5. The molecule has 0 fully saturated rings. The lowest BCUT2D eigenvalue weighted by molar-refractivity contribution is -0.115. The summed E-state index contributed by atoms with van der Waals surface area (Å²) in [5.74, 6) is -0.143. The number of ketones is 1. The summed E-state index contributed by atoms with van der Waals surface area (Å²) < 4.78 is 0. The summed E-state index contributed by atoms with van der Waals surface area (Å²) in [6.07, 6.45) is 0. The standard InChI is InChI=1S/C18H20N2O2/c1-13(21)12-19-17-11-7-6-10-16(17)18(22)20-14(2)15-8-4-3-5-9-15/h3-11,14,19H,12H2,1-2H3,(H,20,22). The maximum atomic E-state index is 12.5. The Balaban J connectivity index is 2.11. The van der Waals surface area contributed by atoms with Crippen LogP contribution in [0.5, 0.6) is 0 Å². The van der Waals surface area contributed by atoms with Gasteiger partial charge in [0.2, 0.25) is 0 Å². The van der Waals surface area contributed by atoms with E-state index in [1.807, 2.05) is 43.3 Å². The molecule has 0 saturated carbocycles. The minimum atomic E-state index is -0.164. The zero-order valence-electron chi connectivity index (χ0n) is 12.8. The molecule has 1 unspecified atom stereocenters. The Morgan fingerprint density at radius 3 is 2.32 bits per heavy atom. The fourth-order valence-corrected chi connectivity index (χ4v) is 2.15. The van der Waals surface area contributed by atoms with Crippen molar-refractivity contribution in [2.75, 3.05) is 11.9 Å². The van der Waals surface area contributed by atoms with Crippen LogP contribution in [0.25, 0.3) is 0 Å². The third-order valence-electron chi connectivity index (χ3n) is 3.35.